The van der Waals surface area contributed by atoms with Crippen LogP contribution < -0.4 is 0 Å². The summed E-state index contributed by atoms with van der Waals surface area (Å²) in [6, 6.07) is 5.82. The van der Waals surface area contributed by atoms with Crippen LogP contribution in [-0.2, 0) is 30.5 Å². The van der Waals surface area contributed by atoms with Crippen LogP contribution in [0, 0.1) is 11.8 Å². The molecule has 1 unspecified atom stereocenters. The number of aliphatic hydroxyl groups excluding tert-OH is 1. The van der Waals surface area contributed by atoms with E-state index in [2.05, 4.69) is 10.3 Å². The summed E-state index contributed by atoms with van der Waals surface area (Å²) in [7, 11) is 0. The molecule has 0 aliphatic carbocycles. The number of likely N-dealkylation sites (tertiary alicyclic amines) is 1. The molecule has 1 aromatic heterocycles. The molecule has 5 heterocycles. The van der Waals surface area contributed by atoms with Crippen LogP contribution >= 0.6 is 0 Å². The number of aromatic nitrogens is 3. The van der Waals surface area contributed by atoms with Crippen LogP contribution in [0.1, 0.15) is 32.6 Å². The zero-order valence-corrected chi connectivity index (χ0v) is 21.9. The van der Waals surface area contributed by atoms with Crippen LogP contribution in [0.5, 0.6) is 0 Å². The van der Waals surface area contributed by atoms with E-state index in [-0.39, 0.29) is 38.2 Å². The number of esters is 1. The molecule has 2 fully saturated rings. The fraction of sp³-hybridized carbons (Fsp3) is 0.536. The molecule has 2 amide bonds. The molecular weight excluding hydrogens is 502 g/mol. The Morgan fingerprint density at radius 3 is 2.82 bits per heavy atom. The van der Waals surface area contributed by atoms with Gasteiger partial charge in [0.2, 0.25) is 5.91 Å². The fourth-order valence-electron chi connectivity index (χ4n) is 6.52. The smallest absolute Gasteiger partial charge is 0.312 e. The lowest BCUT2D eigenvalue weighted by Crippen LogP contribution is -2.58. The molecule has 0 bridgehead atoms. The number of carbonyl (C=O) groups excluding carboxylic acids is 3. The predicted octanol–water partition coefficient (Wildman–Crippen LogP) is 1.42. The molecule has 2 saturated heterocycles. The number of hydrogen-bond acceptors (Lipinski definition) is 8. The van der Waals surface area contributed by atoms with Crippen molar-refractivity contribution < 1.29 is 29.0 Å². The van der Waals surface area contributed by atoms with Crippen LogP contribution in [0.4, 0.5) is 0 Å². The Morgan fingerprint density at radius 1 is 1.15 bits per heavy atom. The lowest BCUT2D eigenvalue weighted by atomic mass is 9.78. The van der Waals surface area contributed by atoms with E-state index in [0.717, 1.165) is 24.8 Å². The Balaban J connectivity index is 1.42. The minimum atomic E-state index is -1.37. The van der Waals surface area contributed by atoms with Crippen molar-refractivity contribution in [3.63, 3.8) is 0 Å². The quantitative estimate of drug-likeness (QED) is 0.450. The number of nitrogens with zero attached hydrogens (tertiary/aromatic N) is 5. The highest BCUT2D eigenvalue weighted by molar-refractivity contribution is 5.99. The Morgan fingerprint density at radius 2 is 2.00 bits per heavy atom. The van der Waals surface area contributed by atoms with Gasteiger partial charge in [0.1, 0.15) is 29.7 Å². The maximum atomic E-state index is 14.4. The van der Waals surface area contributed by atoms with Gasteiger partial charge in [-0.15, -0.1) is 5.10 Å². The minimum absolute atomic E-state index is 0.119. The highest BCUT2D eigenvalue weighted by Crippen LogP contribution is 2.53. The number of benzene rings is 1. The third-order valence-electron chi connectivity index (χ3n) is 8.42. The summed E-state index contributed by atoms with van der Waals surface area (Å²) in [5.41, 5.74) is 0.120. The molecule has 6 atom stereocenters. The Labute approximate surface area is 226 Å². The van der Waals surface area contributed by atoms with Crippen LogP contribution in [0.15, 0.2) is 48.6 Å². The number of fused-ring (bicyclic) bond motifs is 3. The number of rotatable bonds is 5. The second kappa shape index (κ2) is 10.2. The van der Waals surface area contributed by atoms with Gasteiger partial charge in [0.25, 0.3) is 5.91 Å². The van der Waals surface area contributed by atoms with Crippen LogP contribution in [0.2, 0.25) is 0 Å². The lowest BCUT2D eigenvalue weighted by Gasteiger charge is -2.38. The van der Waals surface area contributed by atoms with Gasteiger partial charge in [-0.1, -0.05) is 48.6 Å². The number of aliphatic hydroxyl groups is 1. The summed E-state index contributed by atoms with van der Waals surface area (Å²) < 4.78 is 13.9. The second-order valence-corrected chi connectivity index (χ2v) is 10.6. The van der Waals surface area contributed by atoms with Gasteiger partial charge in [0.05, 0.1) is 36.8 Å². The van der Waals surface area contributed by atoms with E-state index >= 15 is 0 Å². The predicted molar refractivity (Wildman–Crippen MR) is 139 cm³/mol. The standard InChI is InChI=1S/C28H33N5O6/c1-2-18(16-34)33-24-26(36)31(17-32-20-11-7-6-10-19(20)29-30-32)14-9-13-28(24)23(25(33)35)22-21(39-28)12-5-3-4-8-15-38-27(22)37/h5-7,9-13,18,21-24,34H,2-4,8,14-17H2,1H3/b12-5-/t18-,21+,22-,23-,24?,28-/m0/s1. The number of cyclic esters (lactones) is 1. The Bertz CT molecular complexity index is 1330. The first-order valence-corrected chi connectivity index (χ1v) is 13.7. The zero-order valence-electron chi connectivity index (χ0n) is 21.9. The van der Waals surface area contributed by atoms with Gasteiger partial charge < -0.3 is 24.4 Å². The summed E-state index contributed by atoms with van der Waals surface area (Å²) >= 11 is 0. The van der Waals surface area contributed by atoms with Gasteiger partial charge >= 0.3 is 5.97 Å². The van der Waals surface area contributed by atoms with Gasteiger partial charge in [-0.2, -0.15) is 0 Å². The van der Waals surface area contributed by atoms with Crippen molar-refractivity contribution in [3.8, 4) is 0 Å². The summed E-state index contributed by atoms with van der Waals surface area (Å²) in [6.07, 6.45) is 9.59. The second-order valence-electron chi connectivity index (χ2n) is 10.6. The molecule has 0 saturated carbocycles. The van der Waals surface area contributed by atoms with E-state index in [4.69, 9.17) is 9.47 Å². The minimum Gasteiger partial charge on any atom is -0.465 e. The first-order chi connectivity index (χ1) is 19.0. The van der Waals surface area contributed by atoms with Crippen molar-refractivity contribution in [1.82, 2.24) is 24.8 Å². The highest BCUT2D eigenvalue weighted by atomic mass is 16.6. The Hall–Kier alpha value is -3.57. The molecule has 1 N–H and O–H groups in total. The maximum Gasteiger partial charge on any atom is 0.312 e. The van der Waals surface area contributed by atoms with Crippen LogP contribution in [0.3, 0.4) is 0 Å². The number of carbonyl (C=O) groups is 3. The third-order valence-corrected chi connectivity index (χ3v) is 8.42. The molecule has 2 aromatic rings. The summed E-state index contributed by atoms with van der Waals surface area (Å²) in [4.78, 5) is 45.0. The molecule has 11 heteroatoms. The van der Waals surface area contributed by atoms with Gasteiger partial charge in [0, 0.05) is 6.54 Å². The number of para-hydroxylation sites is 1. The fourth-order valence-corrected chi connectivity index (χ4v) is 6.52. The zero-order chi connectivity index (χ0) is 27.1. The van der Waals surface area contributed by atoms with E-state index in [1.807, 2.05) is 49.4 Å². The van der Waals surface area contributed by atoms with Crippen molar-refractivity contribution in [2.75, 3.05) is 19.8 Å². The molecule has 4 aliphatic heterocycles. The molecule has 39 heavy (non-hydrogen) atoms. The topological polar surface area (TPSA) is 127 Å². The van der Waals surface area contributed by atoms with Crippen molar-refractivity contribution in [1.29, 1.82) is 0 Å². The molecule has 1 spiro atoms. The van der Waals surface area contributed by atoms with E-state index in [1.165, 1.54) is 4.90 Å². The third kappa shape index (κ3) is 4.06. The molecule has 1 aromatic carbocycles. The maximum absolute atomic E-state index is 14.4. The number of allylic oxidation sites excluding steroid dienone is 1. The van der Waals surface area contributed by atoms with E-state index in [0.29, 0.717) is 11.9 Å². The summed E-state index contributed by atoms with van der Waals surface area (Å²) in [6.45, 7) is 2.20. The monoisotopic (exact) mass is 535 g/mol. The lowest BCUT2D eigenvalue weighted by molar-refractivity contribution is -0.156. The van der Waals surface area contributed by atoms with Gasteiger partial charge in [-0.25, -0.2) is 4.68 Å². The van der Waals surface area contributed by atoms with Gasteiger partial charge in [-0.05, 0) is 37.8 Å². The number of ether oxygens (including phenoxy) is 2. The van der Waals surface area contributed by atoms with E-state index in [9.17, 15) is 19.5 Å². The average molecular weight is 536 g/mol. The molecule has 0 radical (unpaired) electrons. The average Bonchev–Trinajstić information content (AvgIpc) is 3.54. The highest BCUT2D eigenvalue weighted by Gasteiger charge is 2.72. The van der Waals surface area contributed by atoms with E-state index < -0.39 is 41.6 Å². The molecule has 206 valence electrons. The molecule has 11 nitrogen and oxygen atoms in total. The van der Waals surface area contributed by atoms with Crippen LogP contribution in [-0.4, -0.2) is 91.2 Å². The largest absolute Gasteiger partial charge is 0.465 e. The van der Waals surface area contributed by atoms with Crippen molar-refractivity contribution in [3.05, 3.63) is 48.6 Å². The molecule has 4 aliphatic rings. The van der Waals surface area contributed by atoms with Gasteiger partial charge in [-0.3, -0.25) is 14.4 Å². The summed E-state index contributed by atoms with van der Waals surface area (Å²) in [5.74, 6) is -3.03. The van der Waals surface area contributed by atoms with Crippen molar-refractivity contribution in [2.45, 2.75) is 63.1 Å². The normalized spacial score (nSPS) is 32.4. The van der Waals surface area contributed by atoms with Crippen molar-refractivity contribution in [2.24, 2.45) is 11.8 Å². The Kier molecular flexibility index (Phi) is 6.72. The van der Waals surface area contributed by atoms with Gasteiger partial charge in [0.15, 0.2) is 0 Å². The van der Waals surface area contributed by atoms with Crippen LogP contribution in [0.25, 0.3) is 11.0 Å². The number of hydrogen-bond donors (Lipinski definition) is 1. The molecule has 6 rings (SSSR count). The van der Waals surface area contributed by atoms with E-state index in [1.54, 1.807) is 15.7 Å². The summed E-state index contributed by atoms with van der Waals surface area (Å²) in [5, 5.41) is 18.7. The molecular formula is C28H33N5O6. The SMILES string of the molecule is CC[C@@H](CO)N1C(=O)[C@@H]2[C@H]3C(=O)OCCCC/C=C\[C@H]3O[C@@]23C=CCN(Cn2nnc4ccccc42)C(=O)C13. The van der Waals surface area contributed by atoms with Crippen molar-refractivity contribution >= 4 is 28.8 Å². The number of amides is 2. The first-order valence-electron chi connectivity index (χ1n) is 13.7. The first kappa shape index (κ1) is 25.7.